The largest absolute Gasteiger partial charge is 0.242 e. The van der Waals surface area contributed by atoms with Gasteiger partial charge in [0, 0.05) is 0 Å². The van der Waals surface area contributed by atoms with E-state index in [2.05, 4.69) is 15.1 Å². The Hall–Kier alpha value is -1.32. The topological polar surface area (TPSA) is 60.4 Å². The van der Waals surface area contributed by atoms with E-state index in [1.54, 1.807) is 0 Å². The third-order valence-electron chi connectivity index (χ3n) is 0.662. The lowest BCUT2D eigenvalue weighted by atomic mass is 10.6. The minimum absolute atomic E-state index is 0.368. The third-order valence-corrected chi connectivity index (χ3v) is 0.662. The Morgan fingerprint density at radius 2 is 2.00 bits per heavy atom. The van der Waals surface area contributed by atoms with Crippen molar-refractivity contribution in [3.05, 3.63) is 18.7 Å². The van der Waals surface area contributed by atoms with Crippen LogP contribution in [0.15, 0.2) is 23.8 Å². The molecule has 8 heavy (non-hydrogen) atoms. The zero-order valence-electron chi connectivity index (χ0n) is 4.02. The zero-order chi connectivity index (χ0) is 5.82. The molecule has 1 heterocycles. The van der Waals surface area contributed by atoms with Gasteiger partial charge in [-0.1, -0.05) is 0 Å². The van der Waals surface area contributed by atoms with Crippen molar-refractivity contribution in [3.63, 3.8) is 0 Å². The molecule has 0 fully saturated rings. The van der Waals surface area contributed by atoms with Gasteiger partial charge in [-0.25, -0.2) is 9.97 Å². The molecule has 39 valence electrons. The smallest absolute Gasteiger partial charge is 0.124 e. The van der Waals surface area contributed by atoms with Crippen LogP contribution in [0.25, 0.3) is 0 Å². The fourth-order valence-corrected chi connectivity index (χ4v) is 0.343. The van der Waals surface area contributed by atoms with Gasteiger partial charge in [0.1, 0.15) is 12.0 Å². The van der Waals surface area contributed by atoms with Crippen LogP contribution < -0.4 is 5.53 Å². The van der Waals surface area contributed by atoms with Gasteiger partial charge in [0.05, 0.1) is 12.4 Å². The van der Waals surface area contributed by atoms with Crippen LogP contribution in [0.4, 0.5) is 5.69 Å². The number of hydrogen-bond acceptors (Lipinski definition) is 3. The molecule has 0 aromatic carbocycles. The van der Waals surface area contributed by atoms with E-state index >= 15 is 0 Å². The van der Waals surface area contributed by atoms with Gasteiger partial charge in [0.15, 0.2) is 0 Å². The first kappa shape index (κ1) is 4.83. The predicted molar refractivity (Wildman–Crippen MR) is 26.3 cm³/mol. The molecule has 0 unspecified atom stereocenters. The summed E-state index contributed by atoms with van der Waals surface area (Å²) in [6, 6.07) is 0. The van der Waals surface area contributed by atoms with E-state index in [1.165, 1.54) is 18.7 Å². The first-order valence-corrected chi connectivity index (χ1v) is 2.03. The van der Waals surface area contributed by atoms with E-state index in [4.69, 9.17) is 5.53 Å². The molecule has 0 aliphatic carbocycles. The summed E-state index contributed by atoms with van der Waals surface area (Å²) >= 11 is 0. The van der Waals surface area contributed by atoms with Crippen molar-refractivity contribution < 1.29 is 0 Å². The van der Waals surface area contributed by atoms with E-state index in [9.17, 15) is 0 Å². The zero-order valence-corrected chi connectivity index (χ0v) is 4.02. The van der Waals surface area contributed by atoms with E-state index in [0.29, 0.717) is 5.69 Å². The molecule has 1 aromatic heterocycles. The van der Waals surface area contributed by atoms with Crippen LogP contribution in [-0.4, -0.2) is 9.97 Å². The second-order valence-electron chi connectivity index (χ2n) is 1.20. The van der Waals surface area contributed by atoms with Gasteiger partial charge in [-0.3, -0.25) is 0 Å². The van der Waals surface area contributed by atoms with Crippen molar-refractivity contribution in [2.45, 2.75) is 0 Å². The van der Waals surface area contributed by atoms with Crippen molar-refractivity contribution in [1.29, 1.82) is 0 Å². The minimum atomic E-state index is 0.368. The molecule has 0 N–H and O–H groups in total. The van der Waals surface area contributed by atoms with Crippen molar-refractivity contribution in [3.8, 4) is 0 Å². The summed E-state index contributed by atoms with van der Waals surface area (Å²) in [5.74, 6) is 0. The van der Waals surface area contributed by atoms with Crippen molar-refractivity contribution in [2.24, 2.45) is 5.11 Å². The molecular formula is C4H3N4. The maximum absolute atomic E-state index is 8.08. The summed E-state index contributed by atoms with van der Waals surface area (Å²) in [6.07, 6.45) is 4.19. The highest BCUT2D eigenvalue weighted by atomic mass is 15.0. The van der Waals surface area contributed by atoms with Crippen LogP contribution in [-0.2, 0) is 0 Å². The molecule has 0 aliphatic heterocycles. The highest BCUT2D eigenvalue weighted by molar-refractivity contribution is 5.26. The van der Waals surface area contributed by atoms with E-state index in [1.807, 2.05) is 0 Å². The quantitative estimate of drug-likeness (QED) is 0.486. The van der Waals surface area contributed by atoms with Crippen LogP contribution in [0.5, 0.6) is 0 Å². The number of hydrogen-bond donors (Lipinski definition) is 0. The summed E-state index contributed by atoms with van der Waals surface area (Å²) < 4.78 is 0. The van der Waals surface area contributed by atoms with Gasteiger partial charge >= 0.3 is 0 Å². The van der Waals surface area contributed by atoms with Gasteiger partial charge in [0.25, 0.3) is 0 Å². The first-order chi connectivity index (χ1) is 3.93. The van der Waals surface area contributed by atoms with Crippen molar-refractivity contribution in [2.75, 3.05) is 0 Å². The molecule has 0 bridgehead atoms. The van der Waals surface area contributed by atoms with Crippen molar-refractivity contribution >= 4 is 5.69 Å². The lowest BCUT2D eigenvalue weighted by Gasteiger charge is -1.80. The van der Waals surface area contributed by atoms with Crippen LogP contribution in [0.1, 0.15) is 0 Å². The highest BCUT2D eigenvalue weighted by Crippen LogP contribution is 2.01. The lowest BCUT2D eigenvalue weighted by molar-refractivity contribution is 1.13. The molecule has 4 nitrogen and oxygen atoms in total. The molecule has 0 atom stereocenters. The fraction of sp³-hybridized carbons (Fsp3) is 0. The second-order valence-corrected chi connectivity index (χ2v) is 1.20. The number of rotatable bonds is 1. The molecule has 0 aliphatic rings. The van der Waals surface area contributed by atoms with E-state index < -0.39 is 0 Å². The summed E-state index contributed by atoms with van der Waals surface area (Å²) in [7, 11) is 0. The van der Waals surface area contributed by atoms with Gasteiger partial charge in [-0.2, -0.15) is 0 Å². The normalized spacial score (nSPS) is 8.50. The van der Waals surface area contributed by atoms with Gasteiger partial charge in [0.2, 0.25) is 0 Å². The minimum Gasteiger partial charge on any atom is -0.242 e. The Morgan fingerprint density at radius 1 is 1.38 bits per heavy atom. The average molecular weight is 107 g/mol. The fourth-order valence-electron chi connectivity index (χ4n) is 0.343. The van der Waals surface area contributed by atoms with Gasteiger partial charge in [-0.05, 0) is 5.53 Å². The Labute approximate surface area is 46.1 Å². The molecular weight excluding hydrogens is 104 g/mol. The lowest BCUT2D eigenvalue weighted by Crippen LogP contribution is -1.71. The van der Waals surface area contributed by atoms with Crippen molar-refractivity contribution in [1.82, 2.24) is 15.5 Å². The average Bonchev–Trinajstić information content (AvgIpc) is 1.90. The molecule has 1 aromatic rings. The summed E-state index contributed by atoms with van der Waals surface area (Å²) in [6.45, 7) is 0. The Balaban J connectivity index is 2.99. The first-order valence-electron chi connectivity index (χ1n) is 2.03. The summed E-state index contributed by atoms with van der Waals surface area (Å²) in [5, 5.41) is 2.85. The molecule has 0 saturated carbocycles. The second kappa shape index (κ2) is 2.11. The van der Waals surface area contributed by atoms with Gasteiger partial charge < -0.3 is 0 Å². The Kier molecular flexibility index (Phi) is 1.27. The molecule has 0 spiro atoms. The molecule has 0 amide bonds. The van der Waals surface area contributed by atoms with Crippen LogP contribution in [0.2, 0.25) is 0 Å². The van der Waals surface area contributed by atoms with Crippen LogP contribution >= 0.6 is 0 Å². The third kappa shape index (κ3) is 0.841. The predicted octanol–water partition coefficient (Wildman–Crippen LogP) is 0.360. The number of nitrogens with zero attached hydrogens (tertiary/aromatic N) is 4. The summed E-state index contributed by atoms with van der Waals surface area (Å²) in [5.41, 5.74) is 8.45. The number of aromatic nitrogens is 2. The molecule has 4 heteroatoms. The molecule has 0 saturated heterocycles. The monoisotopic (exact) mass is 107 g/mol. The maximum atomic E-state index is 8.08. The van der Waals surface area contributed by atoms with Gasteiger partial charge in [-0.15, -0.1) is 5.11 Å². The standard InChI is InChI=1S/C4H3N4/c5-8-4-1-6-3-7-2-4/h1-3H. The van der Waals surface area contributed by atoms with Crippen LogP contribution in [0, 0.1) is 0 Å². The maximum Gasteiger partial charge on any atom is 0.124 e. The van der Waals surface area contributed by atoms with E-state index in [0.717, 1.165) is 0 Å². The van der Waals surface area contributed by atoms with E-state index in [-0.39, 0.29) is 0 Å². The highest BCUT2D eigenvalue weighted by Gasteiger charge is 1.82. The molecule has 1 radical (unpaired) electrons. The van der Waals surface area contributed by atoms with Crippen LogP contribution in [0.3, 0.4) is 0 Å². The Morgan fingerprint density at radius 3 is 2.38 bits per heavy atom. The SMILES string of the molecule is [N]=Nc1cncnc1. The summed E-state index contributed by atoms with van der Waals surface area (Å²) in [4.78, 5) is 7.18. The molecule has 1 rings (SSSR count). The Bertz CT molecular complexity index is 171.